The van der Waals surface area contributed by atoms with Gasteiger partial charge in [-0.05, 0) is 24.3 Å². The molecular weight excluding hydrogens is 386 g/mol. The molecule has 3 rings (SSSR count). The van der Waals surface area contributed by atoms with Gasteiger partial charge in [-0.2, -0.15) is 5.10 Å². The second-order valence-corrected chi connectivity index (χ2v) is 6.30. The van der Waals surface area contributed by atoms with Crippen molar-refractivity contribution in [3.05, 3.63) is 69.1 Å². The summed E-state index contributed by atoms with van der Waals surface area (Å²) in [4.78, 5) is 24.5. The highest BCUT2D eigenvalue weighted by Gasteiger charge is 2.15. The Bertz CT molecular complexity index is 985. The van der Waals surface area contributed by atoms with Crippen LogP contribution in [0.15, 0.2) is 57.8 Å². The van der Waals surface area contributed by atoms with Crippen molar-refractivity contribution in [3.8, 4) is 5.75 Å². The van der Waals surface area contributed by atoms with E-state index < -0.39 is 0 Å². The van der Waals surface area contributed by atoms with Gasteiger partial charge in [0.05, 0.1) is 11.9 Å². The van der Waals surface area contributed by atoms with Crippen LogP contribution in [0.4, 0.5) is 0 Å². The molecular formula is C18H16BrN3O3. The first-order valence-corrected chi connectivity index (χ1v) is 8.48. The summed E-state index contributed by atoms with van der Waals surface area (Å²) in [6.45, 7) is 0.649. The minimum atomic E-state index is -0.343. The monoisotopic (exact) mass is 401 g/mol. The maximum Gasteiger partial charge on any atom is 0.274 e. The highest BCUT2D eigenvalue weighted by atomic mass is 79.9. The number of aromatic nitrogens is 2. The molecule has 0 unspecified atom stereocenters. The molecule has 0 bridgehead atoms. The number of hydrogen-bond donors (Lipinski definition) is 1. The molecule has 0 spiro atoms. The van der Waals surface area contributed by atoms with E-state index in [2.05, 4.69) is 26.3 Å². The molecule has 3 aromatic rings. The van der Waals surface area contributed by atoms with Gasteiger partial charge in [0.15, 0.2) is 5.69 Å². The first kappa shape index (κ1) is 17.2. The van der Waals surface area contributed by atoms with Crippen LogP contribution in [-0.4, -0.2) is 28.8 Å². The fourth-order valence-corrected chi connectivity index (χ4v) is 2.82. The maximum absolute atomic E-state index is 12.4. The number of rotatable bonds is 5. The largest absolute Gasteiger partial charge is 0.492 e. The molecule has 1 N–H and O–H groups in total. The normalized spacial score (nSPS) is 10.6. The predicted octanol–water partition coefficient (Wildman–Crippen LogP) is 2.50. The molecule has 7 heteroatoms. The van der Waals surface area contributed by atoms with Gasteiger partial charge in [0.2, 0.25) is 0 Å². The van der Waals surface area contributed by atoms with E-state index in [9.17, 15) is 9.59 Å². The van der Waals surface area contributed by atoms with Crippen molar-refractivity contribution in [2.45, 2.75) is 0 Å². The first-order chi connectivity index (χ1) is 12.1. The van der Waals surface area contributed by atoms with Crippen molar-refractivity contribution in [1.29, 1.82) is 0 Å². The van der Waals surface area contributed by atoms with Crippen LogP contribution in [0.25, 0.3) is 10.8 Å². The number of nitrogens with zero attached hydrogens (tertiary/aromatic N) is 2. The molecule has 0 aliphatic heterocycles. The number of hydrogen-bond acceptors (Lipinski definition) is 4. The lowest BCUT2D eigenvalue weighted by Crippen LogP contribution is -2.32. The Kier molecular flexibility index (Phi) is 5.14. The molecule has 2 aromatic carbocycles. The molecule has 128 valence electrons. The van der Waals surface area contributed by atoms with E-state index in [1.54, 1.807) is 24.3 Å². The molecule has 0 radical (unpaired) electrons. The molecule has 1 amide bonds. The van der Waals surface area contributed by atoms with E-state index in [1.807, 2.05) is 24.3 Å². The Hall–Kier alpha value is -2.67. The minimum absolute atomic E-state index is 0.222. The number of halogens is 1. The average Bonchev–Trinajstić information content (AvgIpc) is 2.62. The van der Waals surface area contributed by atoms with Crippen LogP contribution in [0, 0.1) is 0 Å². The fourth-order valence-electron chi connectivity index (χ4n) is 2.44. The summed E-state index contributed by atoms with van der Waals surface area (Å²) < 4.78 is 7.68. The molecule has 1 heterocycles. The summed E-state index contributed by atoms with van der Waals surface area (Å²) in [5.41, 5.74) is -0.00899. The zero-order valence-corrected chi connectivity index (χ0v) is 15.1. The number of benzene rings is 2. The van der Waals surface area contributed by atoms with E-state index in [4.69, 9.17) is 4.74 Å². The van der Waals surface area contributed by atoms with Crippen LogP contribution in [-0.2, 0) is 7.05 Å². The summed E-state index contributed by atoms with van der Waals surface area (Å²) in [5, 5.41) is 7.87. The molecule has 0 aliphatic carbocycles. The van der Waals surface area contributed by atoms with Gasteiger partial charge in [-0.3, -0.25) is 9.59 Å². The van der Waals surface area contributed by atoms with E-state index in [0.29, 0.717) is 29.7 Å². The summed E-state index contributed by atoms with van der Waals surface area (Å²) in [6, 6.07) is 14.4. The van der Waals surface area contributed by atoms with Gasteiger partial charge in [0.25, 0.3) is 11.5 Å². The number of amides is 1. The summed E-state index contributed by atoms with van der Waals surface area (Å²) >= 11 is 3.37. The van der Waals surface area contributed by atoms with Crippen LogP contribution in [0.2, 0.25) is 0 Å². The van der Waals surface area contributed by atoms with Crippen LogP contribution in [0.3, 0.4) is 0 Å². The zero-order chi connectivity index (χ0) is 17.8. The lowest BCUT2D eigenvalue weighted by Gasteiger charge is -2.10. The number of aryl methyl sites for hydroxylation is 1. The van der Waals surface area contributed by atoms with E-state index >= 15 is 0 Å². The van der Waals surface area contributed by atoms with Gasteiger partial charge >= 0.3 is 0 Å². The van der Waals surface area contributed by atoms with Crippen molar-refractivity contribution >= 4 is 32.6 Å². The lowest BCUT2D eigenvalue weighted by atomic mass is 10.1. The lowest BCUT2D eigenvalue weighted by molar-refractivity contribution is 0.0941. The predicted molar refractivity (Wildman–Crippen MR) is 99.0 cm³/mol. The molecule has 25 heavy (non-hydrogen) atoms. The Morgan fingerprint density at radius 3 is 2.72 bits per heavy atom. The summed E-state index contributed by atoms with van der Waals surface area (Å²) in [7, 11) is 1.53. The Morgan fingerprint density at radius 1 is 1.20 bits per heavy atom. The number of ether oxygens (including phenoxy) is 1. The van der Waals surface area contributed by atoms with Crippen molar-refractivity contribution in [2.24, 2.45) is 7.05 Å². The van der Waals surface area contributed by atoms with Gasteiger partial charge in [-0.15, -0.1) is 0 Å². The molecule has 0 atom stereocenters. The smallest absolute Gasteiger partial charge is 0.274 e. The van der Waals surface area contributed by atoms with Crippen LogP contribution in [0.1, 0.15) is 10.5 Å². The van der Waals surface area contributed by atoms with Gasteiger partial charge < -0.3 is 10.1 Å². The Labute approximate surface area is 152 Å². The number of carbonyl (C=O) groups excluding carboxylic acids is 1. The Morgan fingerprint density at radius 2 is 1.96 bits per heavy atom. The summed E-state index contributed by atoms with van der Waals surface area (Å²) in [5.74, 6) is 0.374. The third kappa shape index (κ3) is 3.88. The average molecular weight is 402 g/mol. The Balaban J connectivity index is 1.69. The number of carbonyl (C=O) groups is 1. The molecule has 1 aromatic heterocycles. The van der Waals surface area contributed by atoms with Crippen LogP contribution in [0.5, 0.6) is 5.75 Å². The second kappa shape index (κ2) is 7.48. The molecule has 0 saturated heterocycles. The number of fused-ring (bicyclic) bond motifs is 1. The van der Waals surface area contributed by atoms with Crippen molar-refractivity contribution in [2.75, 3.05) is 13.2 Å². The van der Waals surface area contributed by atoms with Crippen LogP contribution >= 0.6 is 15.9 Å². The third-order valence-corrected chi connectivity index (χ3v) is 4.12. The third-order valence-electron chi connectivity index (χ3n) is 3.62. The van der Waals surface area contributed by atoms with Gasteiger partial charge in [-0.25, -0.2) is 4.68 Å². The van der Waals surface area contributed by atoms with E-state index in [1.165, 1.54) is 11.7 Å². The van der Waals surface area contributed by atoms with Crippen LogP contribution < -0.4 is 15.6 Å². The number of nitrogens with one attached hydrogen (secondary N) is 1. The highest BCUT2D eigenvalue weighted by molar-refractivity contribution is 9.10. The zero-order valence-electron chi connectivity index (χ0n) is 13.5. The second-order valence-electron chi connectivity index (χ2n) is 5.38. The van der Waals surface area contributed by atoms with Crippen molar-refractivity contribution < 1.29 is 9.53 Å². The topological polar surface area (TPSA) is 73.2 Å². The molecule has 0 aliphatic rings. The van der Waals surface area contributed by atoms with Gasteiger partial charge in [0, 0.05) is 16.9 Å². The van der Waals surface area contributed by atoms with Crippen molar-refractivity contribution in [1.82, 2.24) is 15.1 Å². The van der Waals surface area contributed by atoms with Gasteiger partial charge in [-0.1, -0.05) is 40.2 Å². The van der Waals surface area contributed by atoms with Crippen molar-refractivity contribution in [3.63, 3.8) is 0 Å². The SMILES string of the molecule is Cn1nc(C(=O)NCCOc2cccc(Br)c2)c2ccccc2c1=O. The molecule has 0 fully saturated rings. The fraction of sp³-hybridized carbons (Fsp3) is 0.167. The minimum Gasteiger partial charge on any atom is -0.492 e. The standard InChI is InChI=1S/C18H16BrN3O3/c1-22-18(24)15-8-3-2-7-14(15)16(21-22)17(23)20-9-10-25-13-6-4-5-12(19)11-13/h2-8,11H,9-10H2,1H3,(H,20,23). The highest BCUT2D eigenvalue weighted by Crippen LogP contribution is 2.17. The quantitative estimate of drug-likeness (QED) is 0.666. The van der Waals surface area contributed by atoms with E-state index in [0.717, 1.165) is 4.47 Å². The first-order valence-electron chi connectivity index (χ1n) is 7.69. The van der Waals surface area contributed by atoms with E-state index in [-0.39, 0.29) is 17.2 Å². The summed E-state index contributed by atoms with van der Waals surface area (Å²) in [6.07, 6.45) is 0. The molecule has 6 nitrogen and oxygen atoms in total. The molecule has 0 saturated carbocycles. The maximum atomic E-state index is 12.4. The van der Waals surface area contributed by atoms with Gasteiger partial charge in [0.1, 0.15) is 12.4 Å².